The molecule has 2 unspecified atom stereocenters. The van der Waals surface area contributed by atoms with Gasteiger partial charge in [-0.15, -0.1) is 0 Å². The van der Waals surface area contributed by atoms with Crippen molar-refractivity contribution in [3.05, 3.63) is 0 Å². The van der Waals surface area contributed by atoms with Crippen molar-refractivity contribution < 1.29 is 0 Å². The molecule has 100 valence electrons. The first-order valence-corrected chi connectivity index (χ1v) is 7.76. The molecule has 0 radical (unpaired) electrons. The van der Waals surface area contributed by atoms with E-state index in [0.29, 0.717) is 11.5 Å². The van der Waals surface area contributed by atoms with Crippen molar-refractivity contribution in [3.63, 3.8) is 0 Å². The maximum atomic E-state index is 6.64. The minimum atomic E-state index is 0.470. The molecule has 0 amide bonds. The van der Waals surface area contributed by atoms with E-state index in [2.05, 4.69) is 20.8 Å². The molecule has 0 aromatic heterocycles. The van der Waals surface area contributed by atoms with Crippen molar-refractivity contribution in [3.8, 4) is 0 Å². The molecule has 1 nitrogen and oxygen atoms in total. The van der Waals surface area contributed by atoms with Crippen LogP contribution in [0.4, 0.5) is 0 Å². The Morgan fingerprint density at radius 1 is 1.00 bits per heavy atom. The van der Waals surface area contributed by atoms with Crippen molar-refractivity contribution in [2.45, 2.75) is 78.2 Å². The van der Waals surface area contributed by atoms with Gasteiger partial charge in [-0.05, 0) is 48.9 Å². The molecule has 0 heterocycles. The molecule has 2 rings (SSSR count). The van der Waals surface area contributed by atoms with Gasteiger partial charge in [0.25, 0.3) is 0 Å². The van der Waals surface area contributed by atoms with Crippen molar-refractivity contribution in [1.82, 2.24) is 0 Å². The molecule has 1 heteroatoms. The van der Waals surface area contributed by atoms with Gasteiger partial charge in [0.2, 0.25) is 0 Å². The summed E-state index contributed by atoms with van der Waals surface area (Å²) in [6.45, 7) is 7.29. The van der Waals surface area contributed by atoms with Crippen LogP contribution < -0.4 is 5.73 Å². The smallest absolute Gasteiger partial charge is 0.0101 e. The molecule has 17 heavy (non-hydrogen) atoms. The third-order valence-corrected chi connectivity index (χ3v) is 5.66. The van der Waals surface area contributed by atoms with Gasteiger partial charge < -0.3 is 5.73 Å². The quantitative estimate of drug-likeness (QED) is 0.759. The fourth-order valence-corrected chi connectivity index (χ4v) is 4.23. The maximum Gasteiger partial charge on any atom is 0.0101 e. The summed E-state index contributed by atoms with van der Waals surface area (Å²) < 4.78 is 0. The highest BCUT2D eigenvalue weighted by molar-refractivity contribution is 4.92. The lowest BCUT2D eigenvalue weighted by Crippen LogP contribution is -2.46. The fourth-order valence-electron chi connectivity index (χ4n) is 4.23. The van der Waals surface area contributed by atoms with Gasteiger partial charge in [0, 0.05) is 6.04 Å². The molecule has 2 aliphatic rings. The topological polar surface area (TPSA) is 26.0 Å². The zero-order valence-corrected chi connectivity index (χ0v) is 12.0. The first-order chi connectivity index (χ1) is 8.00. The van der Waals surface area contributed by atoms with Crippen LogP contribution in [-0.4, -0.2) is 6.04 Å². The summed E-state index contributed by atoms with van der Waals surface area (Å²) in [6, 6.07) is 0.470. The zero-order chi connectivity index (χ0) is 12.5. The van der Waals surface area contributed by atoms with E-state index in [1.807, 2.05) is 0 Å². The Morgan fingerprint density at radius 2 is 1.65 bits per heavy atom. The molecule has 0 bridgehead atoms. The number of rotatable bonds is 2. The Balaban J connectivity index is 1.96. The molecule has 0 aromatic carbocycles. The van der Waals surface area contributed by atoms with Crippen LogP contribution >= 0.6 is 0 Å². The van der Waals surface area contributed by atoms with Crippen LogP contribution in [0.15, 0.2) is 0 Å². The molecule has 2 saturated carbocycles. The summed E-state index contributed by atoms with van der Waals surface area (Å²) in [5.74, 6) is 2.53. The molecule has 2 atom stereocenters. The van der Waals surface area contributed by atoms with Gasteiger partial charge in [-0.2, -0.15) is 0 Å². The average Bonchev–Trinajstić information content (AvgIpc) is 2.28. The van der Waals surface area contributed by atoms with Gasteiger partial charge in [0.05, 0.1) is 0 Å². The van der Waals surface area contributed by atoms with Gasteiger partial charge in [-0.3, -0.25) is 0 Å². The van der Waals surface area contributed by atoms with Crippen molar-refractivity contribution >= 4 is 0 Å². The monoisotopic (exact) mass is 237 g/mol. The summed E-state index contributed by atoms with van der Waals surface area (Å²) in [6.07, 6.45) is 11.2. The maximum absolute atomic E-state index is 6.64. The predicted molar refractivity (Wildman–Crippen MR) is 74.8 cm³/mol. The van der Waals surface area contributed by atoms with E-state index in [1.165, 1.54) is 51.4 Å². The van der Waals surface area contributed by atoms with Gasteiger partial charge in [-0.25, -0.2) is 0 Å². The summed E-state index contributed by atoms with van der Waals surface area (Å²) in [4.78, 5) is 0. The fraction of sp³-hybridized carbons (Fsp3) is 1.00. The van der Waals surface area contributed by atoms with Crippen LogP contribution in [0.25, 0.3) is 0 Å². The van der Waals surface area contributed by atoms with Gasteiger partial charge in [0.15, 0.2) is 0 Å². The first-order valence-electron chi connectivity index (χ1n) is 7.76. The second-order valence-electron chi connectivity index (χ2n) is 7.44. The van der Waals surface area contributed by atoms with Gasteiger partial charge in [-0.1, -0.05) is 46.5 Å². The Bertz CT molecular complexity index is 238. The summed E-state index contributed by atoms with van der Waals surface area (Å²) >= 11 is 0. The first kappa shape index (κ1) is 13.4. The Kier molecular flexibility index (Phi) is 4.18. The lowest BCUT2D eigenvalue weighted by atomic mass is 9.62. The van der Waals surface area contributed by atoms with Crippen LogP contribution in [0.5, 0.6) is 0 Å². The molecule has 0 saturated heterocycles. The molecular weight excluding hydrogens is 206 g/mol. The van der Waals surface area contributed by atoms with Crippen LogP contribution in [-0.2, 0) is 0 Å². The van der Waals surface area contributed by atoms with E-state index < -0.39 is 0 Å². The second-order valence-corrected chi connectivity index (χ2v) is 7.44. The van der Waals surface area contributed by atoms with Crippen LogP contribution in [0.3, 0.4) is 0 Å². The third-order valence-electron chi connectivity index (χ3n) is 5.66. The van der Waals surface area contributed by atoms with Gasteiger partial charge in [0.1, 0.15) is 0 Å². The lowest BCUT2D eigenvalue weighted by molar-refractivity contribution is 0.0759. The minimum absolute atomic E-state index is 0.470. The Morgan fingerprint density at radius 3 is 2.24 bits per heavy atom. The van der Waals surface area contributed by atoms with Gasteiger partial charge >= 0.3 is 0 Å². The van der Waals surface area contributed by atoms with E-state index in [1.54, 1.807) is 0 Å². The molecular formula is C16H31N. The highest BCUT2D eigenvalue weighted by Crippen LogP contribution is 2.45. The minimum Gasteiger partial charge on any atom is -0.327 e. The SMILES string of the molecule is CC1CCC(C(N)C2CCCCC2(C)C)CC1. The molecule has 2 fully saturated rings. The average molecular weight is 237 g/mol. The van der Waals surface area contributed by atoms with Crippen LogP contribution in [0.2, 0.25) is 0 Å². The molecule has 0 spiro atoms. The van der Waals surface area contributed by atoms with Crippen molar-refractivity contribution in [2.75, 3.05) is 0 Å². The third kappa shape index (κ3) is 3.05. The summed E-state index contributed by atoms with van der Waals surface area (Å²) in [5, 5.41) is 0. The van der Waals surface area contributed by atoms with Crippen molar-refractivity contribution in [1.29, 1.82) is 0 Å². The number of hydrogen-bond donors (Lipinski definition) is 1. The van der Waals surface area contributed by atoms with Crippen LogP contribution in [0.1, 0.15) is 72.1 Å². The Labute approximate surface area is 108 Å². The van der Waals surface area contributed by atoms with E-state index >= 15 is 0 Å². The standard InChI is InChI=1S/C16H31N/c1-12-7-9-13(10-8-12)15(17)14-6-4-5-11-16(14,2)3/h12-15H,4-11,17H2,1-3H3. The largest absolute Gasteiger partial charge is 0.327 e. The summed E-state index contributed by atoms with van der Waals surface area (Å²) in [5.41, 5.74) is 7.13. The molecule has 0 aliphatic heterocycles. The lowest BCUT2D eigenvalue weighted by Gasteiger charge is -2.45. The second kappa shape index (κ2) is 5.30. The highest BCUT2D eigenvalue weighted by atomic mass is 14.7. The van der Waals surface area contributed by atoms with E-state index in [4.69, 9.17) is 5.73 Å². The van der Waals surface area contributed by atoms with E-state index in [9.17, 15) is 0 Å². The van der Waals surface area contributed by atoms with E-state index in [-0.39, 0.29) is 0 Å². The zero-order valence-electron chi connectivity index (χ0n) is 12.0. The Hall–Kier alpha value is -0.0400. The van der Waals surface area contributed by atoms with Crippen LogP contribution in [0, 0.1) is 23.2 Å². The van der Waals surface area contributed by atoms with E-state index in [0.717, 1.165) is 17.8 Å². The molecule has 0 aromatic rings. The number of hydrogen-bond acceptors (Lipinski definition) is 1. The van der Waals surface area contributed by atoms with Crippen molar-refractivity contribution in [2.24, 2.45) is 28.9 Å². The number of nitrogens with two attached hydrogens (primary N) is 1. The highest BCUT2D eigenvalue weighted by Gasteiger charge is 2.39. The molecule has 2 aliphatic carbocycles. The normalized spacial score (nSPS) is 39.9. The predicted octanol–water partition coefficient (Wildman–Crippen LogP) is 4.36. The summed E-state index contributed by atoms with van der Waals surface area (Å²) in [7, 11) is 0. The molecule has 2 N–H and O–H groups in total.